The molecule has 134 valence electrons. The first-order valence-corrected chi connectivity index (χ1v) is 8.38. The summed E-state index contributed by atoms with van der Waals surface area (Å²) in [6, 6.07) is 13.7. The van der Waals surface area contributed by atoms with E-state index in [1.165, 1.54) is 12.1 Å². The number of para-hydroxylation sites is 1. The molecule has 0 saturated carbocycles. The van der Waals surface area contributed by atoms with Crippen LogP contribution in [0.1, 0.15) is 24.1 Å². The number of benzene rings is 2. The second-order valence-corrected chi connectivity index (χ2v) is 6.08. The maximum absolute atomic E-state index is 12.1. The molecule has 0 aliphatic heterocycles. The molecule has 7 nitrogen and oxygen atoms in total. The number of nitrogens with zero attached hydrogens (tertiary/aromatic N) is 1. The zero-order valence-electron chi connectivity index (χ0n) is 14.4. The smallest absolute Gasteiger partial charge is 0.315 e. The molecule has 3 aromatic rings. The Morgan fingerprint density at radius 3 is 2.85 bits per heavy atom. The molecule has 1 heterocycles. The molecular weight excluding hydrogens is 332 g/mol. The Hall–Kier alpha value is -3.35. The minimum absolute atomic E-state index is 0.0101. The molecule has 3 N–H and O–H groups in total. The average molecular weight is 352 g/mol. The van der Waals surface area contributed by atoms with Crippen molar-refractivity contribution in [2.24, 2.45) is 0 Å². The Bertz CT molecular complexity index is 935. The van der Waals surface area contributed by atoms with Crippen molar-refractivity contribution in [2.45, 2.75) is 19.4 Å². The number of fused-ring (bicyclic) bond motifs is 1. The molecule has 3 rings (SSSR count). The van der Waals surface area contributed by atoms with Crippen molar-refractivity contribution >= 4 is 22.6 Å². The van der Waals surface area contributed by atoms with E-state index >= 15 is 0 Å². The van der Waals surface area contributed by atoms with E-state index in [-0.39, 0.29) is 17.8 Å². The van der Waals surface area contributed by atoms with Crippen molar-refractivity contribution in [2.75, 3.05) is 6.54 Å². The van der Waals surface area contributed by atoms with Crippen LogP contribution in [0.2, 0.25) is 0 Å². The third-order valence-electron chi connectivity index (χ3n) is 4.28. The van der Waals surface area contributed by atoms with E-state index < -0.39 is 4.92 Å². The van der Waals surface area contributed by atoms with Gasteiger partial charge in [0, 0.05) is 35.8 Å². The zero-order chi connectivity index (χ0) is 18.5. The van der Waals surface area contributed by atoms with Gasteiger partial charge in [-0.2, -0.15) is 0 Å². The highest BCUT2D eigenvalue weighted by atomic mass is 16.6. The molecule has 0 aliphatic rings. The van der Waals surface area contributed by atoms with Gasteiger partial charge < -0.3 is 15.6 Å². The number of aromatic nitrogens is 1. The summed E-state index contributed by atoms with van der Waals surface area (Å²) in [5.41, 5.74) is 2.92. The molecule has 1 atom stereocenters. The van der Waals surface area contributed by atoms with Crippen LogP contribution in [0.3, 0.4) is 0 Å². The lowest BCUT2D eigenvalue weighted by Gasteiger charge is -2.15. The van der Waals surface area contributed by atoms with Crippen LogP contribution in [0.25, 0.3) is 10.9 Å². The second-order valence-electron chi connectivity index (χ2n) is 6.08. The largest absolute Gasteiger partial charge is 0.361 e. The van der Waals surface area contributed by atoms with Gasteiger partial charge >= 0.3 is 6.03 Å². The van der Waals surface area contributed by atoms with Crippen LogP contribution in [0, 0.1) is 10.1 Å². The predicted molar refractivity (Wildman–Crippen MR) is 100 cm³/mol. The Morgan fingerprint density at radius 1 is 1.23 bits per heavy atom. The molecule has 26 heavy (non-hydrogen) atoms. The summed E-state index contributed by atoms with van der Waals surface area (Å²) in [4.78, 5) is 25.7. The normalized spacial score (nSPS) is 11.9. The first kappa shape index (κ1) is 17.5. The molecule has 0 saturated heterocycles. The lowest BCUT2D eigenvalue weighted by molar-refractivity contribution is -0.384. The zero-order valence-corrected chi connectivity index (χ0v) is 14.4. The standard InChI is InChI=1S/C19H20N4O3/c1-13(14-5-4-6-16(11-14)23(25)26)22-19(24)20-10-9-15-12-21-18-8-3-2-7-17(15)18/h2-8,11-13,21H,9-10H2,1H3,(H2,20,22,24). The van der Waals surface area contributed by atoms with Gasteiger partial charge in [-0.1, -0.05) is 30.3 Å². The molecule has 2 amide bonds. The van der Waals surface area contributed by atoms with Crippen LogP contribution in [0.5, 0.6) is 0 Å². The van der Waals surface area contributed by atoms with Gasteiger partial charge in [-0.05, 0) is 30.5 Å². The summed E-state index contributed by atoms with van der Waals surface area (Å²) < 4.78 is 0. The fourth-order valence-corrected chi connectivity index (χ4v) is 2.89. The molecule has 0 radical (unpaired) electrons. The monoisotopic (exact) mass is 352 g/mol. The van der Waals surface area contributed by atoms with E-state index in [4.69, 9.17) is 0 Å². The maximum atomic E-state index is 12.1. The van der Waals surface area contributed by atoms with Crippen LogP contribution in [-0.4, -0.2) is 22.5 Å². The van der Waals surface area contributed by atoms with Gasteiger partial charge in [0.15, 0.2) is 0 Å². The van der Waals surface area contributed by atoms with Gasteiger partial charge in [-0.25, -0.2) is 4.79 Å². The molecule has 1 aromatic heterocycles. The van der Waals surface area contributed by atoms with E-state index in [9.17, 15) is 14.9 Å². The average Bonchev–Trinajstić information content (AvgIpc) is 3.05. The second kappa shape index (κ2) is 7.69. The van der Waals surface area contributed by atoms with Crippen LogP contribution in [-0.2, 0) is 6.42 Å². The van der Waals surface area contributed by atoms with Crippen molar-refractivity contribution in [3.8, 4) is 0 Å². The van der Waals surface area contributed by atoms with Crippen LogP contribution < -0.4 is 10.6 Å². The number of hydrogen-bond donors (Lipinski definition) is 3. The number of carbonyl (C=O) groups is 1. The van der Waals surface area contributed by atoms with Crippen LogP contribution in [0.15, 0.2) is 54.7 Å². The van der Waals surface area contributed by atoms with E-state index in [1.54, 1.807) is 19.1 Å². The van der Waals surface area contributed by atoms with E-state index in [1.807, 2.05) is 30.5 Å². The number of nitro benzene ring substituents is 1. The number of nitrogens with one attached hydrogen (secondary N) is 3. The van der Waals surface area contributed by atoms with E-state index in [0.717, 1.165) is 16.5 Å². The first-order valence-electron chi connectivity index (χ1n) is 8.38. The highest BCUT2D eigenvalue weighted by Crippen LogP contribution is 2.19. The maximum Gasteiger partial charge on any atom is 0.315 e. The molecule has 1 unspecified atom stereocenters. The molecular formula is C19H20N4O3. The number of amides is 2. The number of hydrogen-bond acceptors (Lipinski definition) is 3. The summed E-state index contributed by atoms with van der Waals surface area (Å²) in [5.74, 6) is 0. The van der Waals surface area contributed by atoms with Crippen LogP contribution >= 0.6 is 0 Å². The molecule has 0 bridgehead atoms. The fourth-order valence-electron chi connectivity index (χ4n) is 2.89. The van der Waals surface area contributed by atoms with E-state index in [2.05, 4.69) is 15.6 Å². The quantitative estimate of drug-likeness (QED) is 0.466. The van der Waals surface area contributed by atoms with Gasteiger partial charge in [-0.15, -0.1) is 0 Å². The number of non-ortho nitro benzene ring substituents is 1. The van der Waals surface area contributed by atoms with Gasteiger partial charge in [-0.3, -0.25) is 10.1 Å². The third kappa shape index (κ3) is 4.00. The predicted octanol–water partition coefficient (Wildman–Crippen LogP) is 3.68. The van der Waals surface area contributed by atoms with Crippen molar-refractivity contribution in [1.29, 1.82) is 0 Å². The summed E-state index contributed by atoms with van der Waals surface area (Å²) >= 11 is 0. The molecule has 0 aliphatic carbocycles. The Balaban J connectivity index is 1.52. The molecule has 0 spiro atoms. The molecule has 2 aromatic carbocycles. The highest BCUT2D eigenvalue weighted by Gasteiger charge is 2.13. The van der Waals surface area contributed by atoms with E-state index in [0.29, 0.717) is 18.5 Å². The number of aromatic amines is 1. The van der Waals surface area contributed by atoms with Gasteiger partial charge in [0.2, 0.25) is 0 Å². The Kier molecular flexibility index (Phi) is 5.17. The van der Waals surface area contributed by atoms with Crippen molar-refractivity contribution in [1.82, 2.24) is 15.6 Å². The van der Waals surface area contributed by atoms with Crippen LogP contribution in [0.4, 0.5) is 10.5 Å². The molecule has 0 fully saturated rings. The number of carbonyl (C=O) groups excluding carboxylic acids is 1. The lowest BCUT2D eigenvalue weighted by atomic mass is 10.1. The number of nitro groups is 1. The van der Waals surface area contributed by atoms with Gasteiger partial charge in [0.05, 0.1) is 11.0 Å². The minimum Gasteiger partial charge on any atom is -0.361 e. The highest BCUT2D eigenvalue weighted by molar-refractivity contribution is 5.83. The third-order valence-corrected chi connectivity index (χ3v) is 4.28. The van der Waals surface area contributed by atoms with Gasteiger partial charge in [0.1, 0.15) is 0 Å². The summed E-state index contributed by atoms with van der Waals surface area (Å²) in [7, 11) is 0. The van der Waals surface area contributed by atoms with Gasteiger partial charge in [0.25, 0.3) is 5.69 Å². The SMILES string of the molecule is CC(NC(=O)NCCc1c[nH]c2ccccc12)c1cccc([N+](=O)[O-])c1. The summed E-state index contributed by atoms with van der Waals surface area (Å²) in [6.07, 6.45) is 2.67. The van der Waals surface area contributed by atoms with Crippen molar-refractivity contribution in [3.05, 3.63) is 76.0 Å². The number of urea groups is 1. The van der Waals surface area contributed by atoms with Crippen molar-refractivity contribution in [3.63, 3.8) is 0 Å². The topological polar surface area (TPSA) is 100 Å². The minimum atomic E-state index is -0.447. The lowest BCUT2D eigenvalue weighted by Crippen LogP contribution is -2.38. The number of H-pyrrole nitrogens is 1. The Labute approximate surface area is 150 Å². The summed E-state index contributed by atoms with van der Waals surface area (Å²) in [6.45, 7) is 2.29. The first-order chi connectivity index (χ1) is 12.5. The summed E-state index contributed by atoms with van der Waals surface area (Å²) in [5, 5.41) is 17.6. The number of rotatable bonds is 6. The fraction of sp³-hybridized carbons (Fsp3) is 0.211. The molecule has 7 heteroatoms. The van der Waals surface area contributed by atoms with Crippen molar-refractivity contribution < 1.29 is 9.72 Å². The Morgan fingerprint density at radius 2 is 2.04 bits per heavy atom.